The summed E-state index contributed by atoms with van der Waals surface area (Å²) in [5.41, 5.74) is 0. The monoisotopic (exact) mass is 336 g/mol. The average molecular weight is 336 g/mol. The number of aromatic nitrogens is 2. The molecular weight excluding hydrogens is 315 g/mol. The fraction of sp³-hybridized carbons (Fsp3) is 0.688. The van der Waals surface area contributed by atoms with Crippen LogP contribution in [0.1, 0.15) is 12.8 Å². The highest BCUT2D eigenvalue weighted by Crippen LogP contribution is 2.37. The molecular formula is C16H21FN4O3. The molecule has 1 amide bonds. The first-order valence-corrected chi connectivity index (χ1v) is 8.44. The zero-order chi connectivity index (χ0) is 16.5. The molecule has 4 heterocycles. The van der Waals surface area contributed by atoms with Crippen molar-refractivity contribution in [2.24, 2.45) is 17.8 Å². The summed E-state index contributed by atoms with van der Waals surface area (Å²) in [7, 11) is 0. The molecule has 3 aliphatic rings. The predicted octanol–water partition coefficient (Wildman–Crippen LogP) is 0.868. The largest absolute Gasteiger partial charge is 0.381 e. The summed E-state index contributed by atoms with van der Waals surface area (Å²) in [6.45, 7) is 4.14. The van der Waals surface area contributed by atoms with Crippen LogP contribution < -0.4 is 4.90 Å². The number of anilines is 1. The number of hydrogen-bond acceptors (Lipinski definition) is 6. The van der Waals surface area contributed by atoms with Gasteiger partial charge in [-0.25, -0.2) is 19.4 Å². The highest BCUT2D eigenvalue weighted by Gasteiger charge is 2.43. The Hall–Kier alpha value is -1.80. The molecule has 0 aromatic carbocycles. The first kappa shape index (κ1) is 15.7. The Morgan fingerprint density at radius 3 is 2.88 bits per heavy atom. The van der Waals surface area contributed by atoms with E-state index in [0.29, 0.717) is 50.6 Å². The van der Waals surface area contributed by atoms with Gasteiger partial charge in [0.05, 0.1) is 38.8 Å². The van der Waals surface area contributed by atoms with Crippen LogP contribution in [0, 0.1) is 23.6 Å². The molecule has 0 unspecified atom stereocenters. The van der Waals surface area contributed by atoms with Crippen molar-refractivity contribution in [3.8, 4) is 0 Å². The molecule has 3 saturated heterocycles. The van der Waals surface area contributed by atoms with Crippen molar-refractivity contribution in [2.75, 3.05) is 44.4 Å². The molecule has 3 fully saturated rings. The molecule has 7 nitrogen and oxygen atoms in total. The zero-order valence-corrected chi connectivity index (χ0v) is 13.4. The van der Waals surface area contributed by atoms with Crippen LogP contribution in [0.15, 0.2) is 12.4 Å². The molecule has 3 atom stereocenters. The van der Waals surface area contributed by atoms with Gasteiger partial charge in [-0.15, -0.1) is 0 Å². The molecule has 0 bridgehead atoms. The lowest BCUT2D eigenvalue weighted by Gasteiger charge is -2.33. The van der Waals surface area contributed by atoms with E-state index in [0.717, 1.165) is 19.5 Å². The highest BCUT2D eigenvalue weighted by molar-refractivity contribution is 5.75. The lowest BCUT2D eigenvalue weighted by Crippen LogP contribution is -2.38. The SMILES string of the molecule is O=C(C[C@@H]1COC[C@H]2CN(c3ncc(F)cn3)C[C@@H]12)N1CCCO1. The summed E-state index contributed by atoms with van der Waals surface area (Å²) >= 11 is 0. The molecule has 130 valence electrons. The number of carbonyl (C=O) groups excluding carboxylic acids is 1. The van der Waals surface area contributed by atoms with Crippen LogP contribution in [-0.2, 0) is 14.4 Å². The van der Waals surface area contributed by atoms with Crippen molar-refractivity contribution in [2.45, 2.75) is 12.8 Å². The maximum atomic E-state index is 13.0. The van der Waals surface area contributed by atoms with Crippen molar-refractivity contribution in [3.05, 3.63) is 18.2 Å². The Morgan fingerprint density at radius 1 is 1.29 bits per heavy atom. The van der Waals surface area contributed by atoms with E-state index >= 15 is 0 Å². The molecule has 0 saturated carbocycles. The molecule has 0 N–H and O–H groups in total. The van der Waals surface area contributed by atoms with Crippen LogP contribution in [0.2, 0.25) is 0 Å². The van der Waals surface area contributed by atoms with Gasteiger partial charge in [0.25, 0.3) is 0 Å². The number of hydroxylamine groups is 2. The van der Waals surface area contributed by atoms with E-state index in [1.54, 1.807) is 0 Å². The fourth-order valence-corrected chi connectivity index (χ4v) is 3.91. The first-order valence-electron chi connectivity index (χ1n) is 8.44. The smallest absolute Gasteiger partial charge is 0.246 e. The molecule has 24 heavy (non-hydrogen) atoms. The minimum Gasteiger partial charge on any atom is -0.381 e. The molecule has 8 heteroatoms. The second kappa shape index (κ2) is 6.60. The molecule has 0 aliphatic carbocycles. The number of hydrogen-bond donors (Lipinski definition) is 0. The number of fused-ring (bicyclic) bond motifs is 1. The molecule has 4 rings (SSSR count). The van der Waals surface area contributed by atoms with Crippen LogP contribution in [0.5, 0.6) is 0 Å². The van der Waals surface area contributed by atoms with E-state index in [4.69, 9.17) is 9.57 Å². The number of nitrogens with zero attached hydrogens (tertiary/aromatic N) is 4. The third kappa shape index (κ3) is 3.08. The molecule has 0 spiro atoms. The van der Waals surface area contributed by atoms with Crippen molar-refractivity contribution in [1.82, 2.24) is 15.0 Å². The minimum absolute atomic E-state index is 0.0400. The first-order chi connectivity index (χ1) is 11.7. The van der Waals surface area contributed by atoms with E-state index in [1.165, 1.54) is 17.5 Å². The third-order valence-corrected chi connectivity index (χ3v) is 5.12. The van der Waals surface area contributed by atoms with Gasteiger partial charge in [-0.2, -0.15) is 0 Å². The maximum absolute atomic E-state index is 13.0. The lowest BCUT2D eigenvalue weighted by molar-refractivity contribution is -0.171. The molecule has 3 aliphatic heterocycles. The Kier molecular flexibility index (Phi) is 4.32. The molecule has 0 radical (unpaired) electrons. The van der Waals surface area contributed by atoms with Crippen LogP contribution >= 0.6 is 0 Å². The van der Waals surface area contributed by atoms with Crippen LogP contribution in [-0.4, -0.2) is 60.4 Å². The summed E-state index contributed by atoms with van der Waals surface area (Å²) in [6.07, 6.45) is 3.72. The minimum atomic E-state index is -0.437. The van der Waals surface area contributed by atoms with Gasteiger partial charge in [0.15, 0.2) is 5.82 Å². The van der Waals surface area contributed by atoms with Crippen LogP contribution in [0.3, 0.4) is 0 Å². The van der Waals surface area contributed by atoms with Crippen molar-refractivity contribution < 1.29 is 18.8 Å². The van der Waals surface area contributed by atoms with Crippen LogP contribution in [0.25, 0.3) is 0 Å². The standard InChI is InChI=1S/C16H21FN4O3/c17-13-5-18-16(19-6-13)20-7-12-10-23-9-11(14(12)8-20)4-15(22)21-2-1-3-24-21/h5-6,11-12,14H,1-4,7-10H2/t11-,12-,14+/m1/s1. The van der Waals surface area contributed by atoms with Gasteiger partial charge in [0.1, 0.15) is 0 Å². The third-order valence-electron chi connectivity index (χ3n) is 5.12. The summed E-state index contributed by atoms with van der Waals surface area (Å²) in [5, 5.41) is 1.49. The van der Waals surface area contributed by atoms with Gasteiger partial charge in [-0.1, -0.05) is 0 Å². The van der Waals surface area contributed by atoms with Gasteiger partial charge in [0, 0.05) is 25.4 Å². The number of carbonyl (C=O) groups is 1. The Labute approximate surface area is 139 Å². The van der Waals surface area contributed by atoms with E-state index in [2.05, 4.69) is 14.9 Å². The quantitative estimate of drug-likeness (QED) is 0.816. The summed E-state index contributed by atoms with van der Waals surface area (Å²) in [4.78, 5) is 27.9. The Morgan fingerprint density at radius 2 is 2.12 bits per heavy atom. The average Bonchev–Trinajstić information content (AvgIpc) is 3.25. The topological polar surface area (TPSA) is 67.8 Å². The maximum Gasteiger partial charge on any atom is 0.246 e. The van der Waals surface area contributed by atoms with Crippen molar-refractivity contribution in [1.29, 1.82) is 0 Å². The Bertz CT molecular complexity index is 593. The zero-order valence-electron chi connectivity index (χ0n) is 13.4. The van der Waals surface area contributed by atoms with E-state index in [1.807, 2.05) is 0 Å². The Balaban J connectivity index is 1.42. The summed E-state index contributed by atoms with van der Waals surface area (Å²) in [5.74, 6) is 1.03. The van der Waals surface area contributed by atoms with E-state index < -0.39 is 5.82 Å². The lowest BCUT2D eigenvalue weighted by atomic mass is 9.81. The normalized spacial score (nSPS) is 29.8. The number of ether oxygens (including phenoxy) is 1. The summed E-state index contributed by atoms with van der Waals surface area (Å²) < 4.78 is 18.7. The van der Waals surface area contributed by atoms with Crippen LogP contribution in [0.4, 0.5) is 10.3 Å². The van der Waals surface area contributed by atoms with E-state index in [9.17, 15) is 9.18 Å². The predicted molar refractivity (Wildman–Crippen MR) is 82.4 cm³/mol. The van der Waals surface area contributed by atoms with Crippen molar-refractivity contribution >= 4 is 11.9 Å². The van der Waals surface area contributed by atoms with Gasteiger partial charge in [-0.05, 0) is 18.3 Å². The van der Waals surface area contributed by atoms with Gasteiger partial charge >= 0.3 is 0 Å². The van der Waals surface area contributed by atoms with Gasteiger partial charge < -0.3 is 9.64 Å². The molecule has 1 aromatic heterocycles. The number of amides is 1. The van der Waals surface area contributed by atoms with Crippen molar-refractivity contribution in [3.63, 3.8) is 0 Å². The van der Waals surface area contributed by atoms with E-state index in [-0.39, 0.29) is 11.8 Å². The number of halogens is 1. The second-order valence-electron chi connectivity index (χ2n) is 6.71. The summed E-state index contributed by atoms with van der Waals surface area (Å²) in [6, 6.07) is 0. The van der Waals surface area contributed by atoms with Gasteiger partial charge in [-0.3, -0.25) is 9.63 Å². The second-order valence-corrected chi connectivity index (χ2v) is 6.71. The van der Waals surface area contributed by atoms with Gasteiger partial charge in [0.2, 0.25) is 11.9 Å². The number of rotatable bonds is 3. The highest BCUT2D eigenvalue weighted by atomic mass is 19.1. The fourth-order valence-electron chi connectivity index (χ4n) is 3.91. The molecule has 1 aromatic rings.